The fourth-order valence-corrected chi connectivity index (χ4v) is 2.43. The molecule has 0 aliphatic rings. The molecule has 4 heteroatoms. The molecule has 0 aliphatic carbocycles. The van der Waals surface area contributed by atoms with Crippen molar-refractivity contribution < 1.29 is 0 Å². The minimum absolute atomic E-state index is 0.0937. The standard InChI is InChI=1S/C13H15ClN2S/c1-8-9(5-6-17-8)10-7-11(14)16-12(15-10)13(2,3)4/h5-7H,1-4H3. The van der Waals surface area contributed by atoms with E-state index in [-0.39, 0.29) is 5.41 Å². The molecule has 0 radical (unpaired) electrons. The van der Waals surface area contributed by atoms with E-state index < -0.39 is 0 Å². The highest BCUT2D eigenvalue weighted by atomic mass is 35.5. The first-order valence-electron chi connectivity index (χ1n) is 5.47. The van der Waals surface area contributed by atoms with E-state index in [1.54, 1.807) is 11.3 Å². The number of aryl methyl sites for hydroxylation is 1. The number of nitrogens with zero attached hydrogens (tertiary/aromatic N) is 2. The van der Waals surface area contributed by atoms with E-state index in [0.29, 0.717) is 5.15 Å². The van der Waals surface area contributed by atoms with Crippen LogP contribution < -0.4 is 0 Å². The van der Waals surface area contributed by atoms with Crippen molar-refractivity contribution in [1.29, 1.82) is 0 Å². The minimum Gasteiger partial charge on any atom is -0.232 e. The third kappa shape index (κ3) is 2.67. The Labute approximate surface area is 111 Å². The van der Waals surface area contributed by atoms with Gasteiger partial charge in [0.25, 0.3) is 0 Å². The van der Waals surface area contributed by atoms with E-state index in [4.69, 9.17) is 11.6 Å². The molecule has 0 unspecified atom stereocenters. The molecule has 0 spiro atoms. The van der Waals surface area contributed by atoms with Gasteiger partial charge in [-0.1, -0.05) is 32.4 Å². The summed E-state index contributed by atoms with van der Waals surface area (Å²) < 4.78 is 0. The molecular formula is C13H15ClN2S. The highest BCUT2D eigenvalue weighted by molar-refractivity contribution is 7.10. The van der Waals surface area contributed by atoms with Crippen molar-refractivity contribution in [3.63, 3.8) is 0 Å². The average molecular weight is 267 g/mol. The fraction of sp³-hybridized carbons (Fsp3) is 0.385. The number of thiophene rings is 1. The molecule has 0 N–H and O–H groups in total. The van der Waals surface area contributed by atoms with E-state index in [2.05, 4.69) is 49.1 Å². The van der Waals surface area contributed by atoms with Gasteiger partial charge in [0, 0.05) is 21.9 Å². The second-order valence-electron chi connectivity index (χ2n) is 5.04. The molecule has 0 aliphatic heterocycles. The molecule has 0 fully saturated rings. The van der Waals surface area contributed by atoms with E-state index in [1.807, 2.05) is 6.07 Å². The lowest BCUT2D eigenvalue weighted by atomic mass is 9.95. The van der Waals surface area contributed by atoms with Crippen molar-refractivity contribution in [2.75, 3.05) is 0 Å². The zero-order valence-corrected chi connectivity index (χ0v) is 12.0. The number of hydrogen-bond acceptors (Lipinski definition) is 3. The predicted molar refractivity (Wildman–Crippen MR) is 73.8 cm³/mol. The Morgan fingerprint density at radius 3 is 2.47 bits per heavy atom. The van der Waals surface area contributed by atoms with Gasteiger partial charge in [0.1, 0.15) is 11.0 Å². The minimum atomic E-state index is -0.0937. The van der Waals surface area contributed by atoms with Crippen LogP contribution in [-0.2, 0) is 5.41 Å². The van der Waals surface area contributed by atoms with Gasteiger partial charge in [-0.25, -0.2) is 9.97 Å². The largest absolute Gasteiger partial charge is 0.232 e. The normalized spacial score (nSPS) is 11.8. The molecule has 0 saturated carbocycles. The first kappa shape index (κ1) is 12.5. The van der Waals surface area contributed by atoms with Gasteiger partial charge in [0.2, 0.25) is 0 Å². The van der Waals surface area contributed by atoms with Crippen LogP contribution in [0.4, 0.5) is 0 Å². The van der Waals surface area contributed by atoms with Gasteiger partial charge in [0.05, 0.1) is 5.69 Å². The molecule has 0 amide bonds. The fourth-order valence-electron chi connectivity index (χ4n) is 1.54. The molecule has 2 heterocycles. The van der Waals surface area contributed by atoms with Crippen LogP contribution in [0.15, 0.2) is 17.5 Å². The maximum atomic E-state index is 6.08. The van der Waals surface area contributed by atoms with Gasteiger partial charge in [-0.3, -0.25) is 0 Å². The first-order chi connectivity index (χ1) is 7.88. The third-order valence-electron chi connectivity index (χ3n) is 2.50. The van der Waals surface area contributed by atoms with Crippen LogP contribution in [0.1, 0.15) is 31.5 Å². The molecule has 0 bridgehead atoms. The predicted octanol–water partition coefficient (Wildman–Crippen LogP) is 4.46. The second kappa shape index (κ2) is 4.39. The summed E-state index contributed by atoms with van der Waals surface area (Å²) in [6.07, 6.45) is 0. The summed E-state index contributed by atoms with van der Waals surface area (Å²) in [5, 5.41) is 2.57. The van der Waals surface area contributed by atoms with Crippen LogP contribution in [0, 0.1) is 6.92 Å². The summed E-state index contributed by atoms with van der Waals surface area (Å²) in [4.78, 5) is 10.2. The van der Waals surface area contributed by atoms with Crippen LogP contribution in [-0.4, -0.2) is 9.97 Å². The van der Waals surface area contributed by atoms with Crippen molar-refractivity contribution in [2.24, 2.45) is 0 Å². The van der Waals surface area contributed by atoms with Crippen molar-refractivity contribution in [3.05, 3.63) is 33.4 Å². The monoisotopic (exact) mass is 266 g/mol. The molecule has 0 atom stereocenters. The zero-order valence-electron chi connectivity index (χ0n) is 10.4. The van der Waals surface area contributed by atoms with E-state index >= 15 is 0 Å². The summed E-state index contributed by atoms with van der Waals surface area (Å²) in [5.41, 5.74) is 1.96. The van der Waals surface area contributed by atoms with Crippen LogP contribution >= 0.6 is 22.9 Å². The van der Waals surface area contributed by atoms with Gasteiger partial charge in [-0.05, 0) is 18.4 Å². The van der Waals surface area contributed by atoms with Gasteiger partial charge in [-0.15, -0.1) is 11.3 Å². The molecule has 2 aromatic rings. The van der Waals surface area contributed by atoms with Crippen LogP contribution in [0.25, 0.3) is 11.3 Å². The first-order valence-corrected chi connectivity index (χ1v) is 6.73. The number of halogens is 1. The summed E-state index contributed by atoms with van der Waals surface area (Å²) in [6, 6.07) is 3.90. The van der Waals surface area contributed by atoms with Crippen molar-refractivity contribution in [1.82, 2.24) is 9.97 Å². The van der Waals surface area contributed by atoms with Crippen molar-refractivity contribution in [2.45, 2.75) is 33.1 Å². The Morgan fingerprint density at radius 1 is 1.24 bits per heavy atom. The second-order valence-corrected chi connectivity index (χ2v) is 6.55. The molecule has 0 saturated heterocycles. The highest BCUT2D eigenvalue weighted by Crippen LogP contribution is 2.29. The van der Waals surface area contributed by atoms with E-state index in [1.165, 1.54) is 4.88 Å². The Balaban J connectivity index is 2.57. The number of hydrogen-bond donors (Lipinski definition) is 0. The summed E-state index contributed by atoms with van der Waals surface area (Å²) in [6.45, 7) is 8.35. The summed E-state index contributed by atoms with van der Waals surface area (Å²) in [5.74, 6) is 0.783. The van der Waals surface area contributed by atoms with E-state index in [9.17, 15) is 0 Å². The quantitative estimate of drug-likeness (QED) is 0.712. The Kier molecular flexibility index (Phi) is 3.23. The third-order valence-corrected chi connectivity index (χ3v) is 3.54. The molecule has 2 aromatic heterocycles. The topological polar surface area (TPSA) is 25.8 Å². The smallest absolute Gasteiger partial charge is 0.136 e. The Hall–Kier alpha value is -0.930. The Morgan fingerprint density at radius 2 is 1.94 bits per heavy atom. The molecule has 2 nitrogen and oxygen atoms in total. The lowest BCUT2D eigenvalue weighted by Crippen LogP contribution is -2.16. The molecule has 17 heavy (non-hydrogen) atoms. The van der Waals surface area contributed by atoms with Crippen molar-refractivity contribution >= 4 is 22.9 Å². The van der Waals surface area contributed by atoms with Gasteiger partial charge >= 0.3 is 0 Å². The van der Waals surface area contributed by atoms with Crippen molar-refractivity contribution in [3.8, 4) is 11.3 Å². The van der Waals surface area contributed by atoms with E-state index in [0.717, 1.165) is 17.1 Å². The van der Waals surface area contributed by atoms with Gasteiger partial charge < -0.3 is 0 Å². The van der Waals surface area contributed by atoms with Gasteiger partial charge in [-0.2, -0.15) is 0 Å². The average Bonchev–Trinajstić information content (AvgIpc) is 2.62. The van der Waals surface area contributed by atoms with Crippen LogP contribution in [0.2, 0.25) is 5.15 Å². The van der Waals surface area contributed by atoms with Gasteiger partial charge in [0.15, 0.2) is 0 Å². The highest BCUT2D eigenvalue weighted by Gasteiger charge is 2.19. The lowest BCUT2D eigenvalue weighted by Gasteiger charge is -2.17. The maximum absolute atomic E-state index is 6.08. The summed E-state index contributed by atoms with van der Waals surface area (Å²) >= 11 is 7.79. The number of aromatic nitrogens is 2. The zero-order chi connectivity index (χ0) is 12.6. The Bertz CT molecular complexity index is 541. The van der Waals surface area contributed by atoms with Crippen LogP contribution in [0.3, 0.4) is 0 Å². The molecule has 0 aromatic carbocycles. The molecule has 2 rings (SSSR count). The molecule has 90 valence electrons. The number of rotatable bonds is 1. The SMILES string of the molecule is Cc1sccc1-c1cc(Cl)nc(C(C)(C)C)n1. The summed E-state index contributed by atoms with van der Waals surface area (Å²) in [7, 11) is 0. The van der Waals surface area contributed by atoms with Crippen LogP contribution in [0.5, 0.6) is 0 Å². The maximum Gasteiger partial charge on any atom is 0.136 e. The lowest BCUT2D eigenvalue weighted by molar-refractivity contribution is 0.546. The molecular weight excluding hydrogens is 252 g/mol.